The minimum atomic E-state index is 0.0907. The highest BCUT2D eigenvalue weighted by Gasteiger charge is 2.34. The number of benzene rings is 2. The second-order valence-electron chi connectivity index (χ2n) is 7.25. The average molecular weight is 382 g/mol. The van der Waals surface area contributed by atoms with Gasteiger partial charge in [-0.05, 0) is 44.3 Å². The molecule has 140 valence electrons. The van der Waals surface area contributed by atoms with E-state index in [-0.39, 0.29) is 12.1 Å². The van der Waals surface area contributed by atoms with E-state index >= 15 is 0 Å². The summed E-state index contributed by atoms with van der Waals surface area (Å²) in [5.41, 5.74) is 3.87. The Morgan fingerprint density at radius 3 is 2.52 bits per heavy atom. The molecule has 4 rings (SSSR count). The molecule has 0 spiro atoms. The van der Waals surface area contributed by atoms with Crippen LogP contribution in [0.1, 0.15) is 23.8 Å². The molecule has 4 nitrogen and oxygen atoms in total. The number of halogens is 1. The number of carbonyl (C=O) groups is 1. The van der Waals surface area contributed by atoms with Crippen molar-refractivity contribution in [1.29, 1.82) is 0 Å². The predicted molar refractivity (Wildman–Crippen MR) is 111 cm³/mol. The summed E-state index contributed by atoms with van der Waals surface area (Å²) in [7, 11) is 4.06. The van der Waals surface area contributed by atoms with Gasteiger partial charge in [0.15, 0.2) is 0 Å². The monoisotopic (exact) mass is 381 g/mol. The highest BCUT2D eigenvalue weighted by Crippen LogP contribution is 2.38. The van der Waals surface area contributed by atoms with Crippen LogP contribution in [0.3, 0.4) is 0 Å². The molecule has 0 saturated carbocycles. The van der Waals surface area contributed by atoms with Crippen LogP contribution in [0.4, 0.5) is 0 Å². The molecule has 1 aliphatic rings. The van der Waals surface area contributed by atoms with E-state index < -0.39 is 0 Å². The van der Waals surface area contributed by atoms with Crippen molar-refractivity contribution in [2.24, 2.45) is 0 Å². The number of rotatable bonds is 4. The van der Waals surface area contributed by atoms with Gasteiger partial charge in [-0.2, -0.15) is 0 Å². The van der Waals surface area contributed by atoms with Crippen LogP contribution in [0.5, 0.6) is 0 Å². The third-order valence-corrected chi connectivity index (χ3v) is 5.67. The van der Waals surface area contributed by atoms with Gasteiger partial charge in [-0.3, -0.25) is 9.69 Å². The number of fused-ring (bicyclic) bond motifs is 3. The molecule has 1 unspecified atom stereocenters. The van der Waals surface area contributed by atoms with E-state index in [1.807, 2.05) is 55.4 Å². The topological polar surface area (TPSA) is 28.5 Å². The number of carbonyl (C=O) groups excluding carboxylic acids is 1. The van der Waals surface area contributed by atoms with Crippen molar-refractivity contribution >= 4 is 28.4 Å². The van der Waals surface area contributed by atoms with Crippen molar-refractivity contribution in [2.75, 3.05) is 20.6 Å². The van der Waals surface area contributed by atoms with E-state index in [1.54, 1.807) is 0 Å². The Morgan fingerprint density at radius 2 is 1.85 bits per heavy atom. The van der Waals surface area contributed by atoms with Gasteiger partial charge in [0.05, 0.1) is 6.17 Å². The predicted octanol–water partition coefficient (Wildman–Crippen LogP) is 4.72. The van der Waals surface area contributed by atoms with Gasteiger partial charge in [0.25, 0.3) is 5.91 Å². The minimum absolute atomic E-state index is 0.0907. The molecule has 0 fully saturated rings. The van der Waals surface area contributed by atoms with Gasteiger partial charge in [0.1, 0.15) is 5.69 Å². The molecule has 1 atom stereocenters. The third-order valence-electron chi connectivity index (χ3n) is 5.44. The fourth-order valence-corrected chi connectivity index (χ4v) is 4.44. The quantitative estimate of drug-likeness (QED) is 0.654. The number of nitrogens with zero attached hydrogens (tertiary/aromatic N) is 3. The van der Waals surface area contributed by atoms with Crippen molar-refractivity contribution in [2.45, 2.75) is 26.1 Å². The largest absolute Gasteiger partial charge is 0.334 e. The zero-order chi connectivity index (χ0) is 19.1. The maximum Gasteiger partial charge on any atom is 0.272 e. The first-order chi connectivity index (χ1) is 13.0. The summed E-state index contributed by atoms with van der Waals surface area (Å²) in [4.78, 5) is 17.7. The summed E-state index contributed by atoms with van der Waals surface area (Å²) in [6, 6.07) is 16.0. The first-order valence-corrected chi connectivity index (χ1v) is 9.75. The van der Waals surface area contributed by atoms with E-state index in [0.29, 0.717) is 11.6 Å². The average Bonchev–Trinajstić information content (AvgIpc) is 2.98. The van der Waals surface area contributed by atoms with E-state index in [4.69, 9.17) is 11.6 Å². The first-order valence-electron chi connectivity index (χ1n) is 9.37. The van der Waals surface area contributed by atoms with Crippen LogP contribution >= 0.6 is 11.6 Å². The SMILES string of the molecule is CCC(N(C)C)N1CCn2c(c(-c3ccccc3)c3cc(Cl)ccc32)C1=O. The second-order valence-corrected chi connectivity index (χ2v) is 7.69. The summed E-state index contributed by atoms with van der Waals surface area (Å²) in [6.45, 7) is 3.62. The van der Waals surface area contributed by atoms with Crippen molar-refractivity contribution < 1.29 is 4.79 Å². The fourth-order valence-electron chi connectivity index (χ4n) is 4.27. The van der Waals surface area contributed by atoms with Gasteiger partial charge in [-0.1, -0.05) is 48.9 Å². The molecule has 0 saturated heterocycles. The van der Waals surface area contributed by atoms with Crippen LogP contribution in [0.25, 0.3) is 22.0 Å². The molecule has 2 aromatic carbocycles. The Kier molecular flexibility index (Phi) is 4.70. The third kappa shape index (κ3) is 2.93. The molecular weight excluding hydrogens is 358 g/mol. The van der Waals surface area contributed by atoms with Gasteiger partial charge in [0, 0.05) is 34.6 Å². The molecule has 0 radical (unpaired) electrons. The van der Waals surface area contributed by atoms with Gasteiger partial charge >= 0.3 is 0 Å². The molecule has 5 heteroatoms. The Hall–Kier alpha value is -2.30. The minimum Gasteiger partial charge on any atom is -0.334 e. The molecule has 3 aromatic rings. The normalized spacial score (nSPS) is 15.4. The lowest BCUT2D eigenvalue weighted by Crippen LogP contribution is -2.51. The number of aromatic nitrogens is 1. The summed E-state index contributed by atoms with van der Waals surface area (Å²) < 4.78 is 2.16. The van der Waals surface area contributed by atoms with Crippen molar-refractivity contribution in [3.8, 4) is 11.1 Å². The smallest absolute Gasteiger partial charge is 0.272 e. The van der Waals surface area contributed by atoms with Crippen LogP contribution in [-0.4, -0.2) is 47.1 Å². The van der Waals surface area contributed by atoms with Crippen LogP contribution in [-0.2, 0) is 6.54 Å². The standard InChI is InChI=1S/C22H24ClN3O/c1-4-19(24(2)3)26-13-12-25-18-11-10-16(23)14-17(18)20(21(25)22(26)27)15-8-6-5-7-9-15/h5-11,14,19H,4,12-13H2,1-3H3. The van der Waals surface area contributed by atoms with Crippen LogP contribution in [0.15, 0.2) is 48.5 Å². The van der Waals surface area contributed by atoms with E-state index in [1.165, 1.54) is 0 Å². The molecule has 27 heavy (non-hydrogen) atoms. The van der Waals surface area contributed by atoms with E-state index in [0.717, 1.165) is 40.7 Å². The zero-order valence-electron chi connectivity index (χ0n) is 15.9. The lowest BCUT2D eigenvalue weighted by molar-refractivity contribution is 0.0375. The lowest BCUT2D eigenvalue weighted by atomic mass is 10.0. The van der Waals surface area contributed by atoms with Gasteiger partial charge in [-0.15, -0.1) is 0 Å². The van der Waals surface area contributed by atoms with Crippen LogP contribution < -0.4 is 0 Å². The molecule has 1 amide bonds. The van der Waals surface area contributed by atoms with Crippen molar-refractivity contribution in [3.63, 3.8) is 0 Å². The van der Waals surface area contributed by atoms with E-state index in [2.05, 4.69) is 28.5 Å². The fraction of sp³-hybridized carbons (Fsp3) is 0.318. The summed E-state index contributed by atoms with van der Waals surface area (Å²) in [5.74, 6) is 0.0907. The summed E-state index contributed by atoms with van der Waals surface area (Å²) >= 11 is 6.31. The van der Waals surface area contributed by atoms with Crippen molar-refractivity contribution in [1.82, 2.24) is 14.4 Å². The Labute approximate surface area is 164 Å². The number of hydrogen-bond acceptors (Lipinski definition) is 2. The maximum absolute atomic E-state index is 13.6. The molecule has 0 bridgehead atoms. The lowest BCUT2D eigenvalue weighted by Gasteiger charge is -2.38. The van der Waals surface area contributed by atoms with Crippen LogP contribution in [0, 0.1) is 0 Å². The molecule has 1 aliphatic heterocycles. The summed E-state index contributed by atoms with van der Waals surface area (Å²) in [6.07, 6.45) is 0.988. The highest BCUT2D eigenvalue weighted by atomic mass is 35.5. The first kappa shape index (κ1) is 18.1. The van der Waals surface area contributed by atoms with Crippen LogP contribution in [0.2, 0.25) is 5.02 Å². The second kappa shape index (κ2) is 7.02. The molecule has 2 heterocycles. The summed E-state index contributed by atoms with van der Waals surface area (Å²) in [5, 5.41) is 1.73. The number of amides is 1. The highest BCUT2D eigenvalue weighted by molar-refractivity contribution is 6.31. The van der Waals surface area contributed by atoms with Gasteiger partial charge in [0.2, 0.25) is 0 Å². The molecular formula is C22H24ClN3O. The Bertz CT molecular complexity index is 994. The molecule has 0 aliphatic carbocycles. The van der Waals surface area contributed by atoms with Crippen molar-refractivity contribution in [3.05, 3.63) is 59.2 Å². The van der Waals surface area contributed by atoms with Gasteiger partial charge < -0.3 is 9.47 Å². The Morgan fingerprint density at radius 1 is 1.11 bits per heavy atom. The zero-order valence-corrected chi connectivity index (χ0v) is 16.7. The maximum atomic E-state index is 13.6. The Balaban J connectivity index is 1.97. The molecule has 1 aromatic heterocycles. The van der Waals surface area contributed by atoms with Gasteiger partial charge in [-0.25, -0.2) is 0 Å². The number of hydrogen-bond donors (Lipinski definition) is 0. The van der Waals surface area contributed by atoms with E-state index in [9.17, 15) is 4.79 Å². The molecule has 0 N–H and O–H groups in total.